The van der Waals surface area contributed by atoms with E-state index in [0.29, 0.717) is 12.8 Å². The molecule has 9 nitrogen and oxygen atoms in total. The van der Waals surface area contributed by atoms with Gasteiger partial charge in [-0.3, -0.25) is 14.4 Å². The first-order chi connectivity index (χ1) is 15.6. The van der Waals surface area contributed by atoms with Crippen LogP contribution in [-0.2, 0) is 30.5 Å². The molecule has 0 aliphatic rings. The van der Waals surface area contributed by atoms with Gasteiger partial charge in [-0.05, 0) is 37.2 Å². The zero-order valence-electron chi connectivity index (χ0n) is 20.2. The van der Waals surface area contributed by atoms with Crippen LogP contribution in [0.5, 0.6) is 0 Å². The third-order valence-electron chi connectivity index (χ3n) is 4.58. The Morgan fingerprint density at radius 1 is 0.818 bits per heavy atom. The summed E-state index contributed by atoms with van der Waals surface area (Å²) >= 11 is 0. The first-order valence-electron chi connectivity index (χ1n) is 11.3. The number of carbonyl (C=O) groups excluding carboxylic acids is 4. The van der Waals surface area contributed by atoms with Crippen LogP contribution in [0.1, 0.15) is 53.0 Å². The zero-order chi connectivity index (χ0) is 24.8. The molecule has 184 valence electrons. The summed E-state index contributed by atoms with van der Waals surface area (Å²) in [4.78, 5) is 49.4. The first-order valence-corrected chi connectivity index (χ1v) is 11.3. The number of alkyl carbamates (subject to hydrolysis) is 1. The molecule has 1 rings (SSSR count). The van der Waals surface area contributed by atoms with Gasteiger partial charge in [0.25, 0.3) is 0 Å². The molecule has 1 aromatic rings. The molecule has 3 amide bonds. The summed E-state index contributed by atoms with van der Waals surface area (Å²) in [5.41, 5.74) is 0.827. The molecule has 0 spiro atoms. The van der Waals surface area contributed by atoms with Crippen LogP contribution in [0, 0.1) is 11.8 Å². The number of rotatable bonds is 13. The maximum atomic E-state index is 13.0. The van der Waals surface area contributed by atoms with Gasteiger partial charge in [-0.1, -0.05) is 58.0 Å². The van der Waals surface area contributed by atoms with Gasteiger partial charge in [0.15, 0.2) is 0 Å². The van der Waals surface area contributed by atoms with Crippen LogP contribution < -0.4 is 16.0 Å². The second-order valence-corrected chi connectivity index (χ2v) is 8.60. The summed E-state index contributed by atoms with van der Waals surface area (Å²) in [5.74, 6) is -1.31. The molecule has 0 fully saturated rings. The lowest BCUT2D eigenvalue weighted by Gasteiger charge is -2.25. The Hall–Kier alpha value is -3.10. The Balaban J connectivity index is 2.76. The number of hydrogen-bond acceptors (Lipinski definition) is 6. The molecule has 0 aromatic heterocycles. The molecule has 9 heteroatoms. The minimum Gasteiger partial charge on any atom is -0.465 e. The maximum Gasteiger partial charge on any atom is 0.408 e. The third kappa shape index (κ3) is 11.9. The van der Waals surface area contributed by atoms with Gasteiger partial charge in [-0.15, -0.1) is 0 Å². The molecule has 0 radical (unpaired) electrons. The molecule has 33 heavy (non-hydrogen) atoms. The Labute approximate surface area is 196 Å². The number of amides is 3. The number of benzene rings is 1. The molecule has 0 aliphatic heterocycles. The molecule has 0 heterocycles. The lowest BCUT2D eigenvalue weighted by atomic mass is 10.00. The van der Waals surface area contributed by atoms with E-state index >= 15 is 0 Å². The van der Waals surface area contributed by atoms with Crippen molar-refractivity contribution in [2.24, 2.45) is 11.8 Å². The lowest BCUT2D eigenvalue weighted by molar-refractivity contribution is -0.143. The number of esters is 1. The Bertz CT molecular complexity index is 767. The lowest BCUT2D eigenvalue weighted by Crippen LogP contribution is -2.54. The fourth-order valence-electron chi connectivity index (χ4n) is 3.08. The van der Waals surface area contributed by atoms with Crippen molar-refractivity contribution in [3.05, 3.63) is 35.9 Å². The van der Waals surface area contributed by atoms with Crippen LogP contribution in [-0.4, -0.2) is 49.1 Å². The number of ether oxygens (including phenoxy) is 2. The van der Waals surface area contributed by atoms with Crippen molar-refractivity contribution in [1.82, 2.24) is 16.0 Å². The van der Waals surface area contributed by atoms with Crippen LogP contribution in [0.15, 0.2) is 30.3 Å². The van der Waals surface area contributed by atoms with E-state index in [9.17, 15) is 19.2 Å². The predicted octanol–water partition coefficient (Wildman–Crippen LogP) is 2.54. The fourth-order valence-corrected chi connectivity index (χ4v) is 3.08. The van der Waals surface area contributed by atoms with Gasteiger partial charge in [0.05, 0.1) is 6.61 Å². The summed E-state index contributed by atoms with van der Waals surface area (Å²) in [5, 5.41) is 7.82. The monoisotopic (exact) mass is 463 g/mol. The Morgan fingerprint density at radius 2 is 1.39 bits per heavy atom. The average Bonchev–Trinajstić information content (AvgIpc) is 2.75. The van der Waals surface area contributed by atoms with E-state index in [1.165, 1.54) is 0 Å². The van der Waals surface area contributed by atoms with E-state index in [4.69, 9.17) is 9.47 Å². The molecule has 0 aliphatic carbocycles. The maximum absolute atomic E-state index is 13.0. The topological polar surface area (TPSA) is 123 Å². The fraction of sp³-hybridized carbons (Fsp3) is 0.583. The number of hydrogen-bond donors (Lipinski definition) is 3. The van der Waals surface area contributed by atoms with Crippen LogP contribution in [0.3, 0.4) is 0 Å². The average molecular weight is 464 g/mol. The van der Waals surface area contributed by atoms with E-state index in [-0.39, 0.29) is 31.6 Å². The summed E-state index contributed by atoms with van der Waals surface area (Å²) in [7, 11) is 0. The van der Waals surface area contributed by atoms with Crippen LogP contribution in [0.4, 0.5) is 4.79 Å². The smallest absolute Gasteiger partial charge is 0.408 e. The van der Waals surface area contributed by atoms with Gasteiger partial charge in [-0.2, -0.15) is 0 Å². The number of carbonyl (C=O) groups is 4. The van der Waals surface area contributed by atoms with Gasteiger partial charge in [0, 0.05) is 0 Å². The molecule has 2 atom stereocenters. The van der Waals surface area contributed by atoms with E-state index in [1.54, 1.807) is 6.92 Å². The summed E-state index contributed by atoms with van der Waals surface area (Å²) in [6.45, 7) is 9.37. The van der Waals surface area contributed by atoms with Crippen LogP contribution in [0.25, 0.3) is 0 Å². The predicted molar refractivity (Wildman–Crippen MR) is 124 cm³/mol. The highest BCUT2D eigenvalue weighted by atomic mass is 16.5. The molecule has 0 saturated carbocycles. The van der Waals surface area contributed by atoms with Gasteiger partial charge in [-0.25, -0.2) is 4.79 Å². The quantitative estimate of drug-likeness (QED) is 0.386. The highest BCUT2D eigenvalue weighted by Gasteiger charge is 2.28. The van der Waals surface area contributed by atoms with Gasteiger partial charge in [0.1, 0.15) is 25.2 Å². The largest absolute Gasteiger partial charge is 0.465 e. The molecular formula is C24H37N3O6. The second-order valence-electron chi connectivity index (χ2n) is 8.60. The highest BCUT2D eigenvalue weighted by Crippen LogP contribution is 2.10. The van der Waals surface area contributed by atoms with Crippen LogP contribution >= 0.6 is 0 Å². The van der Waals surface area contributed by atoms with Gasteiger partial charge >= 0.3 is 12.1 Å². The third-order valence-corrected chi connectivity index (χ3v) is 4.58. The Morgan fingerprint density at radius 3 is 1.94 bits per heavy atom. The van der Waals surface area contributed by atoms with Crippen molar-refractivity contribution in [2.45, 2.75) is 66.2 Å². The molecule has 0 bridgehead atoms. The van der Waals surface area contributed by atoms with Gasteiger partial charge in [0.2, 0.25) is 11.8 Å². The van der Waals surface area contributed by atoms with Gasteiger partial charge < -0.3 is 25.4 Å². The second kappa shape index (κ2) is 14.9. The zero-order valence-corrected chi connectivity index (χ0v) is 20.2. The minimum absolute atomic E-state index is 0.0783. The van der Waals surface area contributed by atoms with E-state index in [2.05, 4.69) is 16.0 Å². The van der Waals surface area contributed by atoms with Crippen molar-refractivity contribution in [3.8, 4) is 0 Å². The van der Waals surface area contributed by atoms with Crippen LogP contribution in [0.2, 0.25) is 0 Å². The molecule has 1 aromatic carbocycles. The van der Waals surface area contributed by atoms with Crippen molar-refractivity contribution in [3.63, 3.8) is 0 Å². The molecule has 0 unspecified atom stereocenters. The minimum atomic E-state index is -0.874. The molecular weight excluding hydrogens is 426 g/mol. The van der Waals surface area contributed by atoms with Crippen molar-refractivity contribution in [1.29, 1.82) is 0 Å². The SMILES string of the molecule is CCOC(=O)CNC(=O)[C@H](CC(C)C)NC(=O)[C@H](CC(C)C)NC(=O)OCc1ccccc1. The number of nitrogens with one attached hydrogen (secondary N) is 3. The summed E-state index contributed by atoms with van der Waals surface area (Å²) < 4.78 is 10.0. The first kappa shape index (κ1) is 27.9. The summed E-state index contributed by atoms with van der Waals surface area (Å²) in [6.07, 6.45) is 0.0186. The summed E-state index contributed by atoms with van der Waals surface area (Å²) in [6, 6.07) is 7.47. The van der Waals surface area contributed by atoms with E-state index < -0.39 is 36.0 Å². The Kier molecular flexibility index (Phi) is 12.6. The van der Waals surface area contributed by atoms with Crippen molar-refractivity contribution < 1.29 is 28.7 Å². The molecule has 3 N–H and O–H groups in total. The van der Waals surface area contributed by atoms with Crippen molar-refractivity contribution >= 4 is 23.9 Å². The van der Waals surface area contributed by atoms with E-state index in [1.807, 2.05) is 58.0 Å². The highest BCUT2D eigenvalue weighted by molar-refractivity contribution is 5.92. The molecule has 0 saturated heterocycles. The standard InChI is InChI=1S/C24H37N3O6/c1-6-32-21(28)14-25-22(29)19(12-16(2)3)26-23(30)20(13-17(4)5)27-24(31)33-15-18-10-8-7-9-11-18/h7-11,16-17,19-20H,6,12-15H2,1-5H3,(H,25,29)(H,26,30)(H,27,31)/t19-,20-/m0/s1. The van der Waals surface area contributed by atoms with E-state index in [0.717, 1.165) is 5.56 Å². The normalized spacial score (nSPS) is 12.6. The van der Waals surface area contributed by atoms with Crippen molar-refractivity contribution in [2.75, 3.05) is 13.2 Å².